The molecule has 3 nitrogen and oxygen atoms in total. The molecule has 0 aliphatic carbocycles. The molecular formula is C5H11BNO2-. The van der Waals surface area contributed by atoms with Crippen LogP contribution in [0, 0.1) is 0 Å². The Bertz CT molecular complexity index is 120. The summed E-state index contributed by atoms with van der Waals surface area (Å²) in [6, 6.07) is 0. The van der Waals surface area contributed by atoms with Crippen LogP contribution < -0.4 is 0 Å². The summed E-state index contributed by atoms with van der Waals surface area (Å²) in [5.74, 6) is 0. The molecule has 0 bridgehead atoms. The lowest BCUT2D eigenvalue weighted by Gasteiger charge is -2.31. The fraction of sp³-hybridized carbons (Fsp3) is 1.00. The maximum atomic E-state index is 5.43. The van der Waals surface area contributed by atoms with E-state index in [1.807, 2.05) is 6.82 Å². The van der Waals surface area contributed by atoms with Crippen molar-refractivity contribution in [3.8, 4) is 0 Å². The minimum atomic E-state index is -0.972. The van der Waals surface area contributed by atoms with Gasteiger partial charge in [-0.3, -0.25) is 0 Å². The van der Waals surface area contributed by atoms with E-state index in [2.05, 4.69) is 4.81 Å². The Morgan fingerprint density at radius 2 is 1.78 bits per heavy atom. The zero-order valence-corrected chi connectivity index (χ0v) is 5.67. The summed E-state index contributed by atoms with van der Waals surface area (Å²) in [5.41, 5.74) is 0. The molecular weight excluding hydrogens is 117 g/mol. The van der Waals surface area contributed by atoms with Gasteiger partial charge in [0.1, 0.15) is 0 Å². The molecule has 2 heterocycles. The smallest absolute Gasteiger partial charge is 0.314 e. The molecule has 2 fully saturated rings. The number of hydrogen-bond acceptors (Lipinski definition) is 3. The highest BCUT2D eigenvalue weighted by atomic mass is 16.6. The van der Waals surface area contributed by atoms with Gasteiger partial charge in [-0.25, -0.2) is 0 Å². The van der Waals surface area contributed by atoms with Gasteiger partial charge in [-0.1, -0.05) is 0 Å². The van der Waals surface area contributed by atoms with Crippen LogP contribution in [-0.2, 0) is 9.31 Å². The quantitative estimate of drug-likeness (QED) is 0.426. The molecule has 52 valence electrons. The summed E-state index contributed by atoms with van der Waals surface area (Å²) < 4.78 is 10.9. The molecule has 0 saturated carbocycles. The third kappa shape index (κ3) is 0.706. The predicted molar refractivity (Wildman–Crippen MR) is 35.1 cm³/mol. The standard InChI is InChI=1S/C5H11BNO2/c1-6-7(2-4-8-6)3-5-9-6/h2-5H2,1H3/q-1. The van der Waals surface area contributed by atoms with E-state index >= 15 is 0 Å². The Labute approximate surface area is 54.9 Å². The van der Waals surface area contributed by atoms with Gasteiger partial charge in [-0.2, -0.15) is 0 Å². The van der Waals surface area contributed by atoms with E-state index in [4.69, 9.17) is 9.31 Å². The summed E-state index contributed by atoms with van der Waals surface area (Å²) in [5, 5.41) is 0. The largest absolute Gasteiger partial charge is 0.554 e. The Kier molecular flexibility index (Phi) is 1.09. The van der Waals surface area contributed by atoms with Crippen molar-refractivity contribution in [1.29, 1.82) is 0 Å². The molecule has 2 aliphatic rings. The molecule has 0 aromatic carbocycles. The van der Waals surface area contributed by atoms with E-state index < -0.39 is 6.69 Å². The van der Waals surface area contributed by atoms with Gasteiger partial charge in [0.2, 0.25) is 0 Å². The van der Waals surface area contributed by atoms with Crippen LogP contribution in [0.2, 0.25) is 6.82 Å². The fourth-order valence-electron chi connectivity index (χ4n) is 1.62. The van der Waals surface area contributed by atoms with Gasteiger partial charge in [0, 0.05) is 13.2 Å². The number of nitrogens with zero attached hydrogens (tertiary/aromatic N) is 1. The second-order valence-corrected chi connectivity index (χ2v) is 2.81. The third-order valence-electron chi connectivity index (χ3n) is 2.27. The average molecular weight is 128 g/mol. The Morgan fingerprint density at radius 3 is 2.22 bits per heavy atom. The average Bonchev–Trinajstić information content (AvgIpc) is 2.22. The van der Waals surface area contributed by atoms with Gasteiger partial charge in [-0.15, -0.1) is 6.82 Å². The molecule has 9 heavy (non-hydrogen) atoms. The summed E-state index contributed by atoms with van der Waals surface area (Å²) in [4.78, 5) is 2.28. The topological polar surface area (TPSA) is 21.7 Å². The van der Waals surface area contributed by atoms with Crippen molar-refractivity contribution in [1.82, 2.24) is 4.81 Å². The zero-order valence-electron chi connectivity index (χ0n) is 5.67. The summed E-state index contributed by atoms with van der Waals surface area (Å²) >= 11 is 0. The molecule has 0 amide bonds. The molecule has 0 spiro atoms. The zero-order chi connectivity index (χ0) is 6.32. The van der Waals surface area contributed by atoms with Crippen molar-refractivity contribution in [2.75, 3.05) is 26.3 Å². The van der Waals surface area contributed by atoms with Gasteiger partial charge in [0.15, 0.2) is 0 Å². The SMILES string of the molecule is C[B-]12OCCN1CCO2. The van der Waals surface area contributed by atoms with Crippen molar-refractivity contribution in [2.45, 2.75) is 6.82 Å². The first-order valence-corrected chi connectivity index (χ1v) is 3.52. The lowest BCUT2D eigenvalue weighted by Crippen LogP contribution is -2.43. The van der Waals surface area contributed by atoms with E-state index in [-0.39, 0.29) is 0 Å². The second-order valence-electron chi connectivity index (χ2n) is 2.81. The highest BCUT2D eigenvalue weighted by molar-refractivity contribution is 6.64. The first-order valence-electron chi connectivity index (χ1n) is 3.52. The molecule has 0 N–H and O–H groups in total. The van der Waals surface area contributed by atoms with Crippen molar-refractivity contribution < 1.29 is 9.31 Å². The molecule has 2 rings (SSSR count). The van der Waals surface area contributed by atoms with E-state index in [1.165, 1.54) is 0 Å². The molecule has 0 atom stereocenters. The van der Waals surface area contributed by atoms with E-state index in [9.17, 15) is 0 Å². The summed E-state index contributed by atoms with van der Waals surface area (Å²) in [6.07, 6.45) is 0. The predicted octanol–water partition coefficient (Wildman–Crippen LogP) is -0.0825. The minimum Gasteiger partial charge on any atom is -0.554 e. The summed E-state index contributed by atoms with van der Waals surface area (Å²) in [6.45, 7) is 4.86. The van der Waals surface area contributed by atoms with E-state index in [0.717, 1.165) is 26.3 Å². The van der Waals surface area contributed by atoms with Crippen LogP contribution in [0.1, 0.15) is 0 Å². The van der Waals surface area contributed by atoms with Crippen LogP contribution in [0.15, 0.2) is 0 Å². The van der Waals surface area contributed by atoms with Crippen LogP contribution >= 0.6 is 0 Å². The highest BCUT2D eigenvalue weighted by Crippen LogP contribution is 2.23. The second kappa shape index (κ2) is 1.72. The van der Waals surface area contributed by atoms with Crippen molar-refractivity contribution >= 4 is 6.69 Å². The number of hydrogen-bond donors (Lipinski definition) is 0. The molecule has 4 heteroatoms. The molecule has 0 unspecified atom stereocenters. The molecule has 0 aromatic rings. The van der Waals surface area contributed by atoms with Crippen molar-refractivity contribution in [2.24, 2.45) is 0 Å². The highest BCUT2D eigenvalue weighted by Gasteiger charge is 2.37. The Morgan fingerprint density at radius 1 is 1.22 bits per heavy atom. The van der Waals surface area contributed by atoms with Gasteiger partial charge in [-0.05, 0) is 13.1 Å². The van der Waals surface area contributed by atoms with Crippen LogP contribution in [0.4, 0.5) is 0 Å². The van der Waals surface area contributed by atoms with Gasteiger partial charge in [0.05, 0.1) is 0 Å². The lowest BCUT2D eigenvalue weighted by atomic mass is 9.75. The third-order valence-corrected chi connectivity index (χ3v) is 2.27. The number of fused-ring (bicyclic) bond motifs is 1. The first kappa shape index (κ1) is 5.71. The maximum Gasteiger partial charge on any atom is 0.314 e. The molecule has 0 radical (unpaired) electrons. The van der Waals surface area contributed by atoms with Crippen LogP contribution in [0.25, 0.3) is 0 Å². The van der Waals surface area contributed by atoms with Crippen molar-refractivity contribution in [3.05, 3.63) is 0 Å². The molecule has 0 aromatic heterocycles. The molecule has 2 aliphatic heterocycles. The first-order chi connectivity index (χ1) is 4.31. The van der Waals surface area contributed by atoms with Crippen LogP contribution in [0.3, 0.4) is 0 Å². The monoisotopic (exact) mass is 128 g/mol. The maximum absolute atomic E-state index is 5.43. The Hall–Kier alpha value is -0.0551. The van der Waals surface area contributed by atoms with E-state index in [1.54, 1.807) is 0 Å². The minimum absolute atomic E-state index is 0.844. The lowest BCUT2D eigenvalue weighted by molar-refractivity contribution is 0.226. The van der Waals surface area contributed by atoms with Gasteiger partial charge >= 0.3 is 6.69 Å². The Balaban J connectivity index is 2.17. The van der Waals surface area contributed by atoms with Crippen molar-refractivity contribution in [3.63, 3.8) is 0 Å². The molecule has 2 saturated heterocycles. The van der Waals surface area contributed by atoms with Gasteiger partial charge < -0.3 is 14.1 Å². The number of rotatable bonds is 0. The van der Waals surface area contributed by atoms with Crippen LogP contribution in [-0.4, -0.2) is 37.8 Å². The van der Waals surface area contributed by atoms with E-state index in [0.29, 0.717) is 0 Å². The summed E-state index contributed by atoms with van der Waals surface area (Å²) in [7, 11) is 0. The fourth-order valence-corrected chi connectivity index (χ4v) is 1.62. The van der Waals surface area contributed by atoms with Crippen LogP contribution in [0.5, 0.6) is 0 Å². The van der Waals surface area contributed by atoms with Gasteiger partial charge in [0.25, 0.3) is 0 Å². The normalized spacial score (nSPS) is 33.0.